The lowest BCUT2D eigenvalue weighted by Gasteiger charge is -2.27. The first-order valence-electron chi connectivity index (χ1n) is 7.09. The second kappa shape index (κ2) is 8.57. The summed E-state index contributed by atoms with van der Waals surface area (Å²) in [4.78, 5) is 33.9. The van der Waals surface area contributed by atoms with Gasteiger partial charge >= 0.3 is 12.1 Å². The molecule has 0 spiro atoms. The van der Waals surface area contributed by atoms with Gasteiger partial charge in [0.2, 0.25) is 0 Å². The Morgan fingerprint density at radius 3 is 2.14 bits per heavy atom. The van der Waals surface area contributed by atoms with E-state index in [9.17, 15) is 19.5 Å². The van der Waals surface area contributed by atoms with Gasteiger partial charge in [-0.1, -0.05) is 13.8 Å². The van der Waals surface area contributed by atoms with Gasteiger partial charge in [-0.15, -0.1) is 0 Å². The van der Waals surface area contributed by atoms with Gasteiger partial charge in [0.1, 0.15) is 12.1 Å². The van der Waals surface area contributed by atoms with E-state index in [1.807, 2.05) is 13.8 Å². The second-order valence-electron chi connectivity index (χ2n) is 6.44. The molecule has 8 heteroatoms. The summed E-state index contributed by atoms with van der Waals surface area (Å²) in [6, 6.07) is -0.872. The van der Waals surface area contributed by atoms with E-state index in [1.54, 1.807) is 20.8 Å². The second-order valence-corrected chi connectivity index (χ2v) is 6.44. The number of hydrogen-bond acceptors (Lipinski definition) is 5. The molecule has 128 valence electrons. The van der Waals surface area contributed by atoms with Crippen LogP contribution in [-0.4, -0.2) is 52.5 Å². The monoisotopic (exact) mass is 318 g/mol. The zero-order chi connectivity index (χ0) is 17.5. The maximum Gasteiger partial charge on any atom is 0.407 e. The third kappa shape index (κ3) is 9.17. The molecule has 0 radical (unpaired) electrons. The van der Waals surface area contributed by atoms with Crippen molar-refractivity contribution in [2.45, 2.75) is 58.8 Å². The number of carbonyl (C=O) groups excluding carboxylic acids is 2. The molecule has 0 aromatic heterocycles. The van der Waals surface area contributed by atoms with Crippen molar-refractivity contribution < 1.29 is 29.3 Å². The number of hydrogen-bond donors (Lipinski definition) is 4. The zero-order valence-corrected chi connectivity index (χ0v) is 13.7. The fourth-order valence-electron chi connectivity index (χ4n) is 1.68. The highest BCUT2D eigenvalue weighted by Crippen LogP contribution is 2.11. The van der Waals surface area contributed by atoms with Crippen molar-refractivity contribution in [3.05, 3.63) is 0 Å². The Kier molecular flexibility index (Phi) is 7.86. The standard InChI is InChI=1S/C14H26N2O6/c1-8(2)6-9(16-13(21)22-14(3,4)5)11(19)12(20)15-7-10(17)18/h8-9,11,19H,6-7H2,1-5H3,(H,15,20)(H,16,21)(H,17,18)/t9-,11?/m0/s1. The number of carbonyl (C=O) groups is 3. The van der Waals surface area contributed by atoms with E-state index in [4.69, 9.17) is 9.84 Å². The summed E-state index contributed by atoms with van der Waals surface area (Å²) < 4.78 is 5.09. The molecule has 2 atom stereocenters. The molecule has 0 rings (SSSR count). The highest BCUT2D eigenvalue weighted by atomic mass is 16.6. The van der Waals surface area contributed by atoms with Crippen molar-refractivity contribution in [3.8, 4) is 0 Å². The average Bonchev–Trinajstić information content (AvgIpc) is 2.31. The number of aliphatic hydroxyl groups is 1. The lowest BCUT2D eigenvalue weighted by atomic mass is 9.99. The van der Waals surface area contributed by atoms with Crippen molar-refractivity contribution >= 4 is 18.0 Å². The van der Waals surface area contributed by atoms with Gasteiger partial charge in [0, 0.05) is 0 Å². The van der Waals surface area contributed by atoms with Crippen LogP contribution in [0.1, 0.15) is 41.0 Å². The van der Waals surface area contributed by atoms with Crippen LogP contribution in [0.2, 0.25) is 0 Å². The molecule has 0 saturated carbocycles. The van der Waals surface area contributed by atoms with Gasteiger partial charge in [-0.3, -0.25) is 9.59 Å². The smallest absolute Gasteiger partial charge is 0.407 e. The molecule has 0 aliphatic heterocycles. The van der Waals surface area contributed by atoms with Crippen LogP contribution >= 0.6 is 0 Å². The fraction of sp³-hybridized carbons (Fsp3) is 0.786. The summed E-state index contributed by atoms with van der Waals surface area (Å²) in [6.07, 6.45) is -1.97. The number of ether oxygens (including phenoxy) is 1. The summed E-state index contributed by atoms with van der Waals surface area (Å²) in [6.45, 7) is 8.22. The Balaban J connectivity index is 4.77. The molecule has 0 heterocycles. The van der Waals surface area contributed by atoms with E-state index in [1.165, 1.54) is 0 Å². The van der Waals surface area contributed by atoms with E-state index in [-0.39, 0.29) is 5.92 Å². The van der Waals surface area contributed by atoms with Crippen molar-refractivity contribution in [1.82, 2.24) is 10.6 Å². The van der Waals surface area contributed by atoms with E-state index in [0.29, 0.717) is 6.42 Å². The van der Waals surface area contributed by atoms with Gasteiger partial charge in [0.05, 0.1) is 6.04 Å². The molecule has 22 heavy (non-hydrogen) atoms. The third-order valence-electron chi connectivity index (χ3n) is 2.49. The number of aliphatic carboxylic acids is 1. The minimum absolute atomic E-state index is 0.0989. The van der Waals surface area contributed by atoms with Gasteiger partial charge in [0.15, 0.2) is 6.10 Å². The molecule has 0 fully saturated rings. The lowest BCUT2D eigenvalue weighted by Crippen LogP contribution is -2.52. The first kappa shape index (κ1) is 20.2. The number of alkyl carbamates (subject to hydrolysis) is 1. The van der Waals surface area contributed by atoms with Gasteiger partial charge in [0.25, 0.3) is 5.91 Å². The summed E-state index contributed by atoms with van der Waals surface area (Å²) in [5.74, 6) is -1.98. The van der Waals surface area contributed by atoms with Crippen LogP contribution < -0.4 is 10.6 Å². The predicted molar refractivity (Wildman–Crippen MR) is 79.3 cm³/mol. The molecule has 0 aromatic carbocycles. The van der Waals surface area contributed by atoms with Gasteiger partial charge in [-0.05, 0) is 33.1 Å². The van der Waals surface area contributed by atoms with E-state index in [0.717, 1.165) is 0 Å². The fourth-order valence-corrected chi connectivity index (χ4v) is 1.68. The molecule has 0 aromatic rings. The first-order valence-corrected chi connectivity index (χ1v) is 7.09. The van der Waals surface area contributed by atoms with E-state index < -0.39 is 42.3 Å². The zero-order valence-electron chi connectivity index (χ0n) is 13.7. The van der Waals surface area contributed by atoms with E-state index in [2.05, 4.69) is 10.6 Å². The SMILES string of the molecule is CC(C)C[C@H](NC(=O)OC(C)(C)C)C(O)C(=O)NCC(=O)O. The largest absolute Gasteiger partial charge is 0.480 e. The Labute approximate surface area is 130 Å². The van der Waals surface area contributed by atoms with Crippen LogP contribution in [0.3, 0.4) is 0 Å². The summed E-state index contributed by atoms with van der Waals surface area (Å²) in [5, 5.41) is 23.1. The molecule has 0 aliphatic carbocycles. The number of carboxylic acid groups (broad SMARTS) is 1. The summed E-state index contributed by atoms with van der Waals surface area (Å²) >= 11 is 0. The van der Waals surface area contributed by atoms with Gasteiger partial charge in [-0.25, -0.2) is 4.79 Å². The Morgan fingerprint density at radius 2 is 1.73 bits per heavy atom. The van der Waals surface area contributed by atoms with Gasteiger partial charge in [-0.2, -0.15) is 0 Å². The molecular formula is C14H26N2O6. The summed E-state index contributed by atoms with van der Waals surface area (Å²) in [7, 11) is 0. The quantitative estimate of drug-likeness (QED) is 0.541. The van der Waals surface area contributed by atoms with Crippen molar-refractivity contribution in [2.75, 3.05) is 6.54 Å². The van der Waals surface area contributed by atoms with Crippen LogP contribution in [0.5, 0.6) is 0 Å². The maximum atomic E-state index is 11.8. The molecule has 0 aliphatic rings. The molecule has 8 nitrogen and oxygen atoms in total. The number of amides is 2. The first-order chi connectivity index (χ1) is 9.92. The average molecular weight is 318 g/mol. The number of aliphatic hydroxyl groups excluding tert-OH is 1. The molecule has 0 bridgehead atoms. The highest BCUT2D eigenvalue weighted by molar-refractivity contribution is 5.85. The lowest BCUT2D eigenvalue weighted by molar-refractivity contribution is -0.140. The Bertz CT molecular complexity index is 403. The van der Waals surface area contributed by atoms with Gasteiger partial charge < -0.3 is 25.6 Å². The third-order valence-corrected chi connectivity index (χ3v) is 2.49. The topological polar surface area (TPSA) is 125 Å². The predicted octanol–water partition coefficient (Wildman–Crippen LogP) is 0.488. The van der Waals surface area contributed by atoms with Crippen LogP contribution in [-0.2, 0) is 14.3 Å². The van der Waals surface area contributed by atoms with E-state index >= 15 is 0 Å². The number of rotatable bonds is 7. The molecule has 4 N–H and O–H groups in total. The van der Waals surface area contributed by atoms with Crippen LogP contribution in [0.25, 0.3) is 0 Å². The molecule has 1 unspecified atom stereocenters. The number of carboxylic acids is 1. The minimum Gasteiger partial charge on any atom is -0.480 e. The Morgan fingerprint density at radius 1 is 1.18 bits per heavy atom. The molecule has 0 saturated heterocycles. The van der Waals surface area contributed by atoms with Crippen LogP contribution in [0, 0.1) is 5.92 Å². The highest BCUT2D eigenvalue weighted by Gasteiger charge is 2.30. The molecule has 2 amide bonds. The van der Waals surface area contributed by atoms with Crippen molar-refractivity contribution in [3.63, 3.8) is 0 Å². The van der Waals surface area contributed by atoms with Crippen molar-refractivity contribution in [1.29, 1.82) is 0 Å². The van der Waals surface area contributed by atoms with Crippen LogP contribution in [0.15, 0.2) is 0 Å². The Hall–Kier alpha value is -1.83. The number of nitrogens with one attached hydrogen (secondary N) is 2. The van der Waals surface area contributed by atoms with Crippen LogP contribution in [0.4, 0.5) is 4.79 Å². The maximum absolute atomic E-state index is 11.8. The molecular weight excluding hydrogens is 292 g/mol. The minimum atomic E-state index is -1.56. The van der Waals surface area contributed by atoms with Crippen molar-refractivity contribution in [2.24, 2.45) is 5.92 Å². The normalized spacial score (nSPS) is 14.1. The summed E-state index contributed by atoms with van der Waals surface area (Å²) in [5.41, 5.74) is -0.705.